The highest BCUT2D eigenvalue weighted by Gasteiger charge is 2.10. The summed E-state index contributed by atoms with van der Waals surface area (Å²) in [5.41, 5.74) is 3.14. The van der Waals surface area contributed by atoms with Crippen LogP contribution in [0.5, 0.6) is 0 Å². The molecule has 0 aliphatic carbocycles. The minimum Gasteiger partial charge on any atom is -0.310 e. The van der Waals surface area contributed by atoms with Gasteiger partial charge in [0.25, 0.3) is 0 Å². The van der Waals surface area contributed by atoms with Gasteiger partial charge in [0, 0.05) is 29.0 Å². The van der Waals surface area contributed by atoms with Crippen molar-refractivity contribution in [3.8, 4) is 11.1 Å². The fourth-order valence-corrected chi connectivity index (χ4v) is 2.32. The first kappa shape index (κ1) is 14.0. The van der Waals surface area contributed by atoms with Gasteiger partial charge in [-0.3, -0.25) is 0 Å². The molecule has 1 atom stereocenters. The molecule has 0 aliphatic rings. The van der Waals surface area contributed by atoms with Crippen molar-refractivity contribution in [3.05, 3.63) is 47.5 Å². The van der Waals surface area contributed by atoms with Crippen LogP contribution in [0.1, 0.15) is 31.9 Å². The summed E-state index contributed by atoms with van der Waals surface area (Å²) in [5.74, 6) is 0. The Balaban J connectivity index is 2.22. The van der Waals surface area contributed by atoms with Crippen molar-refractivity contribution in [3.63, 3.8) is 0 Å². The lowest BCUT2D eigenvalue weighted by atomic mass is 10.0. The zero-order valence-electron chi connectivity index (χ0n) is 11.2. The number of nitrogens with one attached hydrogen (secondary N) is 1. The second-order valence-electron chi connectivity index (χ2n) is 4.54. The molecule has 3 nitrogen and oxygen atoms in total. The van der Waals surface area contributed by atoms with Crippen molar-refractivity contribution in [2.45, 2.75) is 26.3 Å². The van der Waals surface area contributed by atoms with E-state index >= 15 is 0 Å². The van der Waals surface area contributed by atoms with Gasteiger partial charge >= 0.3 is 0 Å². The molecule has 4 heteroatoms. The van der Waals surface area contributed by atoms with Crippen molar-refractivity contribution in [2.24, 2.45) is 0 Å². The van der Waals surface area contributed by atoms with E-state index < -0.39 is 0 Å². The highest BCUT2D eigenvalue weighted by molar-refractivity contribution is 6.31. The van der Waals surface area contributed by atoms with E-state index in [-0.39, 0.29) is 6.04 Å². The molecule has 0 aliphatic heterocycles. The fraction of sp³-hybridized carbons (Fsp3) is 0.333. The third-order valence-electron chi connectivity index (χ3n) is 3.06. The number of hydrogen-bond donors (Lipinski definition) is 1. The van der Waals surface area contributed by atoms with Gasteiger partial charge in [-0.15, -0.1) is 0 Å². The van der Waals surface area contributed by atoms with E-state index in [1.807, 2.05) is 6.07 Å². The Bertz CT molecular complexity index is 528. The smallest absolute Gasteiger partial charge is 0.115 e. The fourth-order valence-electron chi connectivity index (χ4n) is 1.98. The Morgan fingerprint density at radius 3 is 2.58 bits per heavy atom. The van der Waals surface area contributed by atoms with E-state index in [2.05, 4.69) is 41.3 Å². The predicted octanol–water partition coefficient (Wildman–Crippen LogP) is 3.86. The van der Waals surface area contributed by atoms with Crippen LogP contribution in [-0.2, 0) is 0 Å². The minimum atomic E-state index is 0.258. The Kier molecular flexibility index (Phi) is 4.88. The van der Waals surface area contributed by atoms with Crippen LogP contribution in [0.25, 0.3) is 11.1 Å². The third kappa shape index (κ3) is 3.52. The minimum absolute atomic E-state index is 0.258. The number of nitrogens with zero attached hydrogens (tertiary/aromatic N) is 2. The Morgan fingerprint density at radius 2 is 1.95 bits per heavy atom. The van der Waals surface area contributed by atoms with Crippen molar-refractivity contribution in [1.29, 1.82) is 0 Å². The molecular formula is C15H18ClN3. The summed E-state index contributed by atoms with van der Waals surface area (Å²) in [7, 11) is 0. The van der Waals surface area contributed by atoms with Gasteiger partial charge < -0.3 is 5.32 Å². The molecule has 1 aromatic heterocycles. The van der Waals surface area contributed by atoms with E-state index in [0.717, 1.165) is 34.7 Å². The summed E-state index contributed by atoms with van der Waals surface area (Å²) in [4.78, 5) is 8.04. The maximum Gasteiger partial charge on any atom is 0.115 e. The van der Waals surface area contributed by atoms with Gasteiger partial charge in [0.2, 0.25) is 0 Å². The highest BCUT2D eigenvalue weighted by atomic mass is 35.5. The quantitative estimate of drug-likeness (QED) is 0.900. The first-order chi connectivity index (χ1) is 9.22. The number of hydrogen-bond acceptors (Lipinski definition) is 3. The molecule has 19 heavy (non-hydrogen) atoms. The van der Waals surface area contributed by atoms with E-state index in [0.29, 0.717) is 0 Å². The van der Waals surface area contributed by atoms with Crippen molar-refractivity contribution >= 4 is 11.6 Å². The molecule has 0 saturated heterocycles. The molecule has 0 amide bonds. The maximum atomic E-state index is 6.37. The molecule has 100 valence electrons. The molecule has 0 bridgehead atoms. The molecule has 0 saturated carbocycles. The third-order valence-corrected chi connectivity index (χ3v) is 3.39. The van der Waals surface area contributed by atoms with Crippen LogP contribution >= 0.6 is 11.6 Å². The molecule has 1 heterocycles. The lowest BCUT2D eigenvalue weighted by Gasteiger charge is -2.16. The molecule has 2 aromatic rings. The Labute approximate surface area is 119 Å². The monoisotopic (exact) mass is 275 g/mol. The first-order valence-corrected chi connectivity index (χ1v) is 6.88. The molecule has 1 N–H and O–H groups in total. The topological polar surface area (TPSA) is 37.8 Å². The summed E-state index contributed by atoms with van der Waals surface area (Å²) < 4.78 is 0. The van der Waals surface area contributed by atoms with Crippen LogP contribution in [-0.4, -0.2) is 16.5 Å². The first-order valence-electron chi connectivity index (χ1n) is 6.50. The van der Waals surface area contributed by atoms with Gasteiger partial charge in [0.15, 0.2) is 0 Å². The van der Waals surface area contributed by atoms with Crippen LogP contribution in [0.3, 0.4) is 0 Å². The largest absolute Gasteiger partial charge is 0.310 e. The molecule has 0 radical (unpaired) electrons. The van der Waals surface area contributed by atoms with Crippen LogP contribution in [0.4, 0.5) is 0 Å². The molecule has 0 spiro atoms. The zero-order valence-corrected chi connectivity index (χ0v) is 12.0. The molecule has 0 fully saturated rings. The maximum absolute atomic E-state index is 6.37. The summed E-state index contributed by atoms with van der Waals surface area (Å²) in [6.07, 6.45) is 6.21. The number of rotatable bonds is 5. The number of halogens is 1. The predicted molar refractivity (Wildman–Crippen MR) is 79.2 cm³/mol. The van der Waals surface area contributed by atoms with Gasteiger partial charge in [-0.1, -0.05) is 30.7 Å². The summed E-state index contributed by atoms with van der Waals surface area (Å²) in [6, 6.07) is 6.36. The van der Waals surface area contributed by atoms with Gasteiger partial charge in [0.1, 0.15) is 6.33 Å². The second kappa shape index (κ2) is 6.64. The van der Waals surface area contributed by atoms with Crippen molar-refractivity contribution < 1.29 is 0 Å². The zero-order chi connectivity index (χ0) is 13.7. The van der Waals surface area contributed by atoms with E-state index in [9.17, 15) is 0 Å². The average molecular weight is 276 g/mol. The summed E-state index contributed by atoms with van der Waals surface area (Å²) >= 11 is 6.37. The van der Waals surface area contributed by atoms with E-state index in [1.165, 1.54) is 6.33 Å². The normalized spacial score (nSPS) is 12.4. The molecule has 2 rings (SSSR count). The van der Waals surface area contributed by atoms with Crippen molar-refractivity contribution in [1.82, 2.24) is 15.3 Å². The number of benzene rings is 1. The van der Waals surface area contributed by atoms with Crippen LogP contribution < -0.4 is 5.32 Å². The van der Waals surface area contributed by atoms with Gasteiger partial charge in [-0.2, -0.15) is 0 Å². The summed E-state index contributed by atoms with van der Waals surface area (Å²) in [6.45, 7) is 5.27. The lowest BCUT2D eigenvalue weighted by molar-refractivity contribution is 0.571. The molecular weight excluding hydrogens is 258 g/mol. The average Bonchev–Trinajstić information content (AvgIpc) is 2.45. The van der Waals surface area contributed by atoms with Crippen molar-refractivity contribution in [2.75, 3.05) is 6.54 Å². The number of aromatic nitrogens is 2. The Hall–Kier alpha value is -1.45. The van der Waals surface area contributed by atoms with Gasteiger partial charge in [-0.25, -0.2) is 9.97 Å². The van der Waals surface area contributed by atoms with Crippen LogP contribution in [0.15, 0.2) is 36.9 Å². The molecule has 1 aromatic carbocycles. The van der Waals surface area contributed by atoms with Crippen LogP contribution in [0.2, 0.25) is 5.02 Å². The van der Waals surface area contributed by atoms with Crippen LogP contribution in [0, 0.1) is 0 Å². The van der Waals surface area contributed by atoms with Gasteiger partial charge in [0.05, 0.1) is 0 Å². The molecule has 1 unspecified atom stereocenters. The highest BCUT2D eigenvalue weighted by Crippen LogP contribution is 2.28. The standard InChI is InChI=1S/C15H18ClN3/c1-3-6-19-11(2)14-5-4-12(7-15(14)16)13-8-17-10-18-9-13/h4-5,7-11,19H,3,6H2,1-2H3. The SMILES string of the molecule is CCCNC(C)c1ccc(-c2cncnc2)cc1Cl. The lowest BCUT2D eigenvalue weighted by Crippen LogP contribution is -2.19. The second-order valence-corrected chi connectivity index (χ2v) is 4.95. The Morgan fingerprint density at radius 1 is 1.21 bits per heavy atom. The summed E-state index contributed by atoms with van der Waals surface area (Å²) in [5, 5.41) is 4.21. The van der Waals surface area contributed by atoms with Gasteiger partial charge in [-0.05, 0) is 37.1 Å². The van der Waals surface area contributed by atoms with E-state index in [4.69, 9.17) is 11.6 Å². The van der Waals surface area contributed by atoms with E-state index in [1.54, 1.807) is 12.4 Å².